The summed E-state index contributed by atoms with van der Waals surface area (Å²) >= 11 is 0. The zero-order valence-corrected chi connectivity index (χ0v) is 17.0. The number of aryl methyl sites for hydroxylation is 2. The summed E-state index contributed by atoms with van der Waals surface area (Å²) in [6.07, 6.45) is -0.852. The van der Waals surface area contributed by atoms with E-state index in [9.17, 15) is 13.2 Å². The molecule has 0 radical (unpaired) electrons. The SMILES string of the molecule is CN=C(NCCc1c(C)noc1C)NCC1(c2cccc(C(F)(F)F)c2)CCC1. The molecule has 29 heavy (non-hydrogen) atoms. The highest BCUT2D eigenvalue weighted by Gasteiger charge is 2.40. The maximum atomic E-state index is 13.1. The molecule has 1 aromatic heterocycles. The highest BCUT2D eigenvalue weighted by molar-refractivity contribution is 5.79. The lowest BCUT2D eigenvalue weighted by atomic mass is 9.64. The maximum absolute atomic E-state index is 13.1. The minimum Gasteiger partial charge on any atom is -0.361 e. The fraction of sp³-hybridized carbons (Fsp3) is 0.524. The van der Waals surface area contributed by atoms with Gasteiger partial charge in [0.2, 0.25) is 0 Å². The Labute approximate surface area is 168 Å². The number of alkyl halides is 3. The first-order valence-electron chi connectivity index (χ1n) is 9.79. The largest absolute Gasteiger partial charge is 0.416 e. The molecule has 8 heteroatoms. The summed E-state index contributed by atoms with van der Waals surface area (Å²) in [6, 6.07) is 5.70. The van der Waals surface area contributed by atoms with Crippen LogP contribution < -0.4 is 10.6 Å². The molecule has 0 unspecified atom stereocenters. The second kappa shape index (κ2) is 8.47. The van der Waals surface area contributed by atoms with Crippen molar-refractivity contribution in [3.63, 3.8) is 0 Å². The Kier molecular flexibility index (Phi) is 6.19. The summed E-state index contributed by atoms with van der Waals surface area (Å²) in [5, 5.41) is 10.5. The Balaban J connectivity index is 1.60. The number of guanidine groups is 1. The predicted octanol–water partition coefficient (Wildman–Crippen LogP) is 4.14. The molecule has 1 saturated carbocycles. The quantitative estimate of drug-likeness (QED) is 0.557. The number of nitrogens with one attached hydrogen (secondary N) is 2. The van der Waals surface area contributed by atoms with Crippen LogP contribution in [0.3, 0.4) is 0 Å². The Morgan fingerprint density at radius 2 is 2.00 bits per heavy atom. The summed E-state index contributed by atoms with van der Waals surface area (Å²) in [5.41, 5.74) is 1.80. The summed E-state index contributed by atoms with van der Waals surface area (Å²) in [7, 11) is 1.68. The molecule has 0 amide bonds. The lowest BCUT2D eigenvalue weighted by molar-refractivity contribution is -0.137. The van der Waals surface area contributed by atoms with Crippen LogP contribution in [-0.4, -0.2) is 31.3 Å². The van der Waals surface area contributed by atoms with Crippen LogP contribution in [0.1, 0.15) is 47.4 Å². The van der Waals surface area contributed by atoms with Crippen molar-refractivity contribution in [2.24, 2.45) is 4.99 Å². The molecule has 0 saturated heterocycles. The number of benzene rings is 1. The topological polar surface area (TPSA) is 62.5 Å². The van der Waals surface area contributed by atoms with Crippen LogP contribution in [0.5, 0.6) is 0 Å². The van der Waals surface area contributed by atoms with E-state index in [-0.39, 0.29) is 5.41 Å². The molecule has 0 bridgehead atoms. The summed E-state index contributed by atoms with van der Waals surface area (Å²) in [5.74, 6) is 1.44. The monoisotopic (exact) mass is 408 g/mol. The lowest BCUT2D eigenvalue weighted by Gasteiger charge is -2.43. The molecule has 0 aliphatic heterocycles. The van der Waals surface area contributed by atoms with Gasteiger partial charge in [0.15, 0.2) is 5.96 Å². The normalized spacial score (nSPS) is 16.4. The molecule has 1 heterocycles. The van der Waals surface area contributed by atoms with Crippen molar-refractivity contribution in [1.29, 1.82) is 0 Å². The van der Waals surface area contributed by atoms with Gasteiger partial charge in [0.1, 0.15) is 5.76 Å². The van der Waals surface area contributed by atoms with Gasteiger partial charge in [-0.25, -0.2) is 0 Å². The first-order valence-corrected chi connectivity index (χ1v) is 9.79. The molecule has 158 valence electrons. The van der Waals surface area contributed by atoms with Crippen molar-refractivity contribution in [2.45, 2.75) is 51.1 Å². The van der Waals surface area contributed by atoms with E-state index in [4.69, 9.17) is 4.52 Å². The molecule has 0 atom stereocenters. The molecule has 1 fully saturated rings. The second-order valence-corrected chi connectivity index (χ2v) is 7.62. The Morgan fingerprint density at radius 3 is 2.55 bits per heavy atom. The lowest BCUT2D eigenvalue weighted by Crippen LogP contribution is -2.49. The van der Waals surface area contributed by atoms with E-state index in [1.54, 1.807) is 13.1 Å². The smallest absolute Gasteiger partial charge is 0.361 e. The molecule has 1 aliphatic rings. The van der Waals surface area contributed by atoms with Crippen LogP contribution in [0.2, 0.25) is 0 Å². The minimum atomic E-state index is -4.33. The fourth-order valence-corrected chi connectivity index (χ4v) is 3.83. The summed E-state index contributed by atoms with van der Waals surface area (Å²) in [6.45, 7) is 4.99. The number of hydrogen-bond acceptors (Lipinski definition) is 3. The highest BCUT2D eigenvalue weighted by Crippen LogP contribution is 2.44. The van der Waals surface area contributed by atoms with Gasteiger partial charge >= 0.3 is 6.18 Å². The number of aliphatic imine (C=N–C) groups is 1. The Hall–Kier alpha value is -2.51. The maximum Gasteiger partial charge on any atom is 0.416 e. The number of aromatic nitrogens is 1. The van der Waals surface area contributed by atoms with Crippen molar-refractivity contribution in [3.8, 4) is 0 Å². The number of hydrogen-bond donors (Lipinski definition) is 2. The molecule has 3 rings (SSSR count). The van der Waals surface area contributed by atoms with Gasteiger partial charge in [0.25, 0.3) is 0 Å². The van der Waals surface area contributed by atoms with Gasteiger partial charge < -0.3 is 15.2 Å². The van der Waals surface area contributed by atoms with Crippen molar-refractivity contribution in [2.75, 3.05) is 20.1 Å². The Bertz CT molecular complexity index is 850. The van der Waals surface area contributed by atoms with E-state index >= 15 is 0 Å². The van der Waals surface area contributed by atoms with Crippen LogP contribution >= 0.6 is 0 Å². The van der Waals surface area contributed by atoms with Crippen LogP contribution in [0, 0.1) is 13.8 Å². The van der Waals surface area contributed by atoms with Gasteiger partial charge in [-0.2, -0.15) is 13.2 Å². The van der Waals surface area contributed by atoms with Crippen molar-refractivity contribution >= 4 is 5.96 Å². The molecule has 1 aliphatic carbocycles. The average molecular weight is 408 g/mol. The zero-order chi connectivity index (χ0) is 21.1. The van der Waals surface area contributed by atoms with E-state index in [1.165, 1.54) is 12.1 Å². The van der Waals surface area contributed by atoms with Crippen molar-refractivity contribution in [1.82, 2.24) is 15.8 Å². The third-order valence-corrected chi connectivity index (χ3v) is 5.78. The van der Waals surface area contributed by atoms with Gasteiger partial charge in [-0.1, -0.05) is 29.8 Å². The highest BCUT2D eigenvalue weighted by atomic mass is 19.4. The minimum absolute atomic E-state index is 0.291. The van der Waals surface area contributed by atoms with E-state index in [0.717, 1.165) is 54.3 Å². The summed E-state index contributed by atoms with van der Waals surface area (Å²) in [4.78, 5) is 4.24. The van der Waals surface area contributed by atoms with Gasteiger partial charge in [0.05, 0.1) is 11.3 Å². The first-order chi connectivity index (χ1) is 13.7. The van der Waals surface area contributed by atoms with Gasteiger partial charge in [-0.05, 0) is 44.7 Å². The van der Waals surface area contributed by atoms with E-state index in [0.29, 0.717) is 19.0 Å². The second-order valence-electron chi connectivity index (χ2n) is 7.62. The van der Waals surface area contributed by atoms with Crippen molar-refractivity contribution in [3.05, 3.63) is 52.4 Å². The third kappa shape index (κ3) is 4.74. The van der Waals surface area contributed by atoms with Gasteiger partial charge in [0, 0.05) is 31.1 Å². The molecule has 0 spiro atoms. The van der Waals surface area contributed by atoms with Crippen LogP contribution in [0.25, 0.3) is 0 Å². The van der Waals surface area contributed by atoms with E-state index in [1.807, 2.05) is 13.8 Å². The van der Waals surface area contributed by atoms with Gasteiger partial charge in [-0.15, -0.1) is 0 Å². The van der Waals surface area contributed by atoms with Crippen LogP contribution in [0.15, 0.2) is 33.8 Å². The van der Waals surface area contributed by atoms with Gasteiger partial charge in [-0.3, -0.25) is 4.99 Å². The summed E-state index contributed by atoms with van der Waals surface area (Å²) < 4.78 is 44.5. The van der Waals surface area contributed by atoms with Crippen LogP contribution in [-0.2, 0) is 18.0 Å². The average Bonchev–Trinajstić information content (AvgIpc) is 2.97. The van der Waals surface area contributed by atoms with E-state index in [2.05, 4.69) is 20.8 Å². The molecule has 5 nitrogen and oxygen atoms in total. The Morgan fingerprint density at radius 1 is 1.24 bits per heavy atom. The predicted molar refractivity (Wildman–Crippen MR) is 106 cm³/mol. The molecule has 1 aromatic carbocycles. The fourth-order valence-electron chi connectivity index (χ4n) is 3.83. The number of halogens is 3. The zero-order valence-electron chi connectivity index (χ0n) is 17.0. The third-order valence-electron chi connectivity index (χ3n) is 5.78. The number of nitrogens with zero attached hydrogens (tertiary/aromatic N) is 2. The van der Waals surface area contributed by atoms with Crippen LogP contribution in [0.4, 0.5) is 13.2 Å². The first kappa shape index (κ1) is 21.2. The van der Waals surface area contributed by atoms with Crippen molar-refractivity contribution < 1.29 is 17.7 Å². The number of rotatable bonds is 6. The molecule has 2 aromatic rings. The van der Waals surface area contributed by atoms with E-state index < -0.39 is 11.7 Å². The molecular weight excluding hydrogens is 381 g/mol. The standard InChI is InChI=1S/C21H27F3N4O/c1-14-18(15(2)29-28-14)8-11-26-19(25-3)27-13-20(9-5-10-20)16-6-4-7-17(12-16)21(22,23)24/h4,6-7,12H,5,8-11,13H2,1-3H3,(H2,25,26,27). The molecule has 2 N–H and O–H groups in total. The molecular formula is C21H27F3N4O.